The molecule has 0 fully saturated rings. The zero-order chi connectivity index (χ0) is 15.2. The van der Waals surface area contributed by atoms with Crippen LogP contribution in [0.15, 0.2) is 48.8 Å². The Balaban J connectivity index is 2.28. The maximum Gasteiger partial charge on any atom is 0.258 e. The molecule has 0 bridgehead atoms. The number of hydrogen-bond acceptors (Lipinski definition) is 3. The lowest BCUT2D eigenvalue weighted by molar-refractivity contribution is 0.0691. The van der Waals surface area contributed by atoms with Gasteiger partial charge in [-0.05, 0) is 25.5 Å². The van der Waals surface area contributed by atoms with E-state index in [1.54, 1.807) is 12.4 Å². The number of carbonyl (C=O) groups is 1. The standard InChI is InChI=1S/C17H21N3O/c1-13(2)20(12-14-7-5-4-6-8-14)17(21)15-11-19-10-9-16(15)18-3/h4-11,13H,12H2,1-3H3,(H,18,19). The van der Waals surface area contributed by atoms with Gasteiger partial charge in [0.2, 0.25) is 0 Å². The summed E-state index contributed by atoms with van der Waals surface area (Å²) >= 11 is 0. The Labute approximate surface area is 125 Å². The molecule has 1 aromatic carbocycles. The Bertz CT molecular complexity index is 596. The summed E-state index contributed by atoms with van der Waals surface area (Å²) in [5.74, 6) is -0.00805. The van der Waals surface area contributed by atoms with Gasteiger partial charge < -0.3 is 10.2 Å². The van der Waals surface area contributed by atoms with E-state index in [1.165, 1.54) is 0 Å². The van der Waals surface area contributed by atoms with E-state index in [-0.39, 0.29) is 11.9 Å². The van der Waals surface area contributed by atoms with E-state index in [0.29, 0.717) is 12.1 Å². The Hall–Kier alpha value is -2.36. The highest BCUT2D eigenvalue weighted by Crippen LogP contribution is 2.18. The first-order valence-corrected chi connectivity index (χ1v) is 7.10. The maximum absolute atomic E-state index is 12.8. The van der Waals surface area contributed by atoms with Crippen LogP contribution in [0, 0.1) is 0 Å². The fourth-order valence-electron chi connectivity index (χ4n) is 2.21. The molecule has 1 N–H and O–H groups in total. The number of amides is 1. The second-order valence-corrected chi connectivity index (χ2v) is 5.18. The van der Waals surface area contributed by atoms with E-state index >= 15 is 0 Å². The fraction of sp³-hybridized carbons (Fsp3) is 0.294. The van der Waals surface area contributed by atoms with Crippen molar-refractivity contribution < 1.29 is 4.79 Å². The number of nitrogens with zero attached hydrogens (tertiary/aromatic N) is 2. The van der Waals surface area contributed by atoms with Gasteiger partial charge in [-0.25, -0.2) is 0 Å². The molecule has 4 heteroatoms. The van der Waals surface area contributed by atoms with Crippen LogP contribution in [0.5, 0.6) is 0 Å². The average Bonchev–Trinajstić information content (AvgIpc) is 2.52. The quantitative estimate of drug-likeness (QED) is 0.916. The van der Waals surface area contributed by atoms with Gasteiger partial charge in [0, 0.05) is 37.7 Å². The molecule has 0 saturated heterocycles. The largest absolute Gasteiger partial charge is 0.387 e. The second-order valence-electron chi connectivity index (χ2n) is 5.18. The van der Waals surface area contributed by atoms with Gasteiger partial charge in [-0.3, -0.25) is 9.78 Å². The van der Waals surface area contributed by atoms with Crippen LogP contribution in [0.25, 0.3) is 0 Å². The molecule has 0 unspecified atom stereocenters. The minimum atomic E-state index is -0.00805. The highest BCUT2D eigenvalue weighted by molar-refractivity contribution is 5.99. The van der Waals surface area contributed by atoms with Crippen LogP contribution in [0.3, 0.4) is 0 Å². The molecule has 110 valence electrons. The molecule has 2 aromatic rings. The molecular formula is C17H21N3O. The van der Waals surface area contributed by atoms with Crippen molar-refractivity contribution in [2.75, 3.05) is 12.4 Å². The van der Waals surface area contributed by atoms with Crippen molar-refractivity contribution >= 4 is 11.6 Å². The molecule has 21 heavy (non-hydrogen) atoms. The topological polar surface area (TPSA) is 45.2 Å². The summed E-state index contributed by atoms with van der Waals surface area (Å²) in [4.78, 5) is 18.7. The zero-order valence-electron chi connectivity index (χ0n) is 12.7. The van der Waals surface area contributed by atoms with Gasteiger partial charge in [0.1, 0.15) is 0 Å². The third kappa shape index (κ3) is 3.60. The van der Waals surface area contributed by atoms with Crippen molar-refractivity contribution in [2.45, 2.75) is 26.4 Å². The zero-order valence-corrected chi connectivity index (χ0v) is 12.7. The van der Waals surface area contributed by atoms with E-state index < -0.39 is 0 Å². The van der Waals surface area contributed by atoms with Gasteiger partial charge in [0.25, 0.3) is 5.91 Å². The number of benzene rings is 1. The molecule has 1 aromatic heterocycles. The van der Waals surface area contributed by atoms with Crippen molar-refractivity contribution in [3.63, 3.8) is 0 Å². The Morgan fingerprint density at radius 1 is 1.24 bits per heavy atom. The molecular weight excluding hydrogens is 262 g/mol. The lowest BCUT2D eigenvalue weighted by Gasteiger charge is -2.27. The van der Waals surface area contributed by atoms with E-state index in [2.05, 4.69) is 10.3 Å². The van der Waals surface area contributed by atoms with Crippen LogP contribution in [0.1, 0.15) is 29.8 Å². The summed E-state index contributed by atoms with van der Waals surface area (Å²) in [6.07, 6.45) is 3.30. The number of pyridine rings is 1. The molecule has 4 nitrogen and oxygen atoms in total. The molecule has 0 aliphatic rings. The van der Waals surface area contributed by atoms with Crippen LogP contribution in [-0.4, -0.2) is 28.9 Å². The first-order chi connectivity index (χ1) is 10.1. The first-order valence-electron chi connectivity index (χ1n) is 7.10. The number of carbonyl (C=O) groups excluding carboxylic acids is 1. The number of hydrogen-bond donors (Lipinski definition) is 1. The monoisotopic (exact) mass is 283 g/mol. The second kappa shape index (κ2) is 6.88. The van der Waals surface area contributed by atoms with Crippen LogP contribution in [0.2, 0.25) is 0 Å². The third-order valence-electron chi connectivity index (χ3n) is 3.40. The minimum absolute atomic E-state index is 0.00805. The third-order valence-corrected chi connectivity index (χ3v) is 3.40. The molecule has 0 aliphatic heterocycles. The van der Waals surface area contributed by atoms with Gasteiger partial charge in [0.15, 0.2) is 0 Å². The van der Waals surface area contributed by atoms with Crippen LogP contribution in [0.4, 0.5) is 5.69 Å². The normalized spacial score (nSPS) is 10.5. The first kappa shape index (κ1) is 15.0. The Morgan fingerprint density at radius 3 is 2.57 bits per heavy atom. The number of aromatic nitrogens is 1. The van der Waals surface area contributed by atoms with E-state index in [0.717, 1.165) is 11.3 Å². The van der Waals surface area contributed by atoms with Gasteiger partial charge in [0.05, 0.1) is 5.56 Å². The lowest BCUT2D eigenvalue weighted by Crippen LogP contribution is -2.36. The number of nitrogens with one attached hydrogen (secondary N) is 1. The predicted octanol–water partition coefficient (Wildman–Crippen LogP) is 3.17. The smallest absolute Gasteiger partial charge is 0.258 e. The van der Waals surface area contributed by atoms with Crippen LogP contribution < -0.4 is 5.32 Å². The van der Waals surface area contributed by atoms with Crippen molar-refractivity contribution in [2.24, 2.45) is 0 Å². The SMILES string of the molecule is CNc1ccncc1C(=O)N(Cc1ccccc1)C(C)C. The highest BCUT2D eigenvalue weighted by atomic mass is 16.2. The summed E-state index contributed by atoms with van der Waals surface area (Å²) in [5, 5.41) is 3.05. The summed E-state index contributed by atoms with van der Waals surface area (Å²) < 4.78 is 0. The van der Waals surface area contributed by atoms with Gasteiger partial charge >= 0.3 is 0 Å². The molecule has 0 atom stereocenters. The van der Waals surface area contributed by atoms with Crippen molar-refractivity contribution in [3.05, 3.63) is 59.9 Å². The molecule has 1 heterocycles. The number of rotatable bonds is 5. The molecule has 0 aliphatic carbocycles. The van der Waals surface area contributed by atoms with E-state index in [9.17, 15) is 4.79 Å². The van der Waals surface area contributed by atoms with E-state index in [1.807, 2.05) is 62.2 Å². The average molecular weight is 283 g/mol. The summed E-state index contributed by atoms with van der Waals surface area (Å²) in [5.41, 5.74) is 2.52. The maximum atomic E-state index is 12.8. The molecule has 0 radical (unpaired) electrons. The van der Waals surface area contributed by atoms with Crippen molar-refractivity contribution in [3.8, 4) is 0 Å². The van der Waals surface area contributed by atoms with Gasteiger partial charge in [-0.15, -0.1) is 0 Å². The van der Waals surface area contributed by atoms with Gasteiger partial charge in [-0.1, -0.05) is 30.3 Å². The lowest BCUT2D eigenvalue weighted by atomic mass is 10.1. The summed E-state index contributed by atoms with van der Waals surface area (Å²) in [6.45, 7) is 4.64. The van der Waals surface area contributed by atoms with E-state index in [4.69, 9.17) is 0 Å². The van der Waals surface area contributed by atoms with Crippen LogP contribution >= 0.6 is 0 Å². The summed E-state index contributed by atoms with van der Waals surface area (Å²) in [7, 11) is 1.81. The molecule has 0 spiro atoms. The Kier molecular flexibility index (Phi) is 4.93. The van der Waals surface area contributed by atoms with Crippen molar-refractivity contribution in [1.29, 1.82) is 0 Å². The molecule has 0 saturated carbocycles. The fourth-order valence-corrected chi connectivity index (χ4v) is 2.21. The highest BCUT2D eigenvalue weighted by Gasteiger charge is 2.21. The predicted molar refractivity (Wildman–Crippen MR) is 85.2 cm³/mol. The Morgan fingerprint density at radius 2 is 1.95 bits per heavy atom. The summed E-state index contributed by atoms with van der Waals surface area (Å²) in [6, 6.07) is 11.9. The minimum Gasteiger partial charge on any atom is -0.387 e. The number of anilines is 1. The molecule has 2 rings (SSSR count). The van der Waals surface area contributed by atoms with Gasteiger partial charge in [-0.2, -0.15) is 0 Å². The van der Waals surface area contributed by atoms with Crippen LogP contribution in [-0.2, 0) is 6.54 Å². The molecule has 1 amide bonds. The van der Waals surface area contributed by atoms with Crippen molar-refractivity contribution in [1.82, 2.24) is 9.88 Å².